The third-order valence-electron chi connectivity index (χ3n) is 4.76. The molecule has 0 aliphatic heterocycles. The zero-order valence-corrected chi connectivity index (χ0v) is 18.2. The maximum absolute atomic E-state index is 12.9. The molecule has 0 aliphatic carbocycles. The maximum Gasteiger partial charge on any atom is 0.253 e. The highest BCUT2D eigenvalue weighted by molar-refractivity contribution is 7.99. The van der Waals surface area contributed by atoms with E-state index < -0.39 is 0 Å². The van der Waals surface area contributed by atoms with Crippen LogP contribution in [0.1, 0.15) is 16.1 Å². The Morgan fingerprint density at radius 1 is 1.06 bits per heavy atom. The van der Waals surface area contributed by atoms with E-state index in [1.165, 1.54) is 16.7 Å². The van der Waals surface area contributed by atoms with Crippen LogP contribution in [0.3, 0.4) is 0 Å². The highest BCUT2D eigenvalue weighted by atomic mass is 32.2. The number of carbonyl (C=O) groups excluding carboxylic acids is 2. The first-order valence-corrected chi connectivity index (χ1v) is 10.9. The molecule has 0 unspecified atom stereocenters. The zero-order valence-electron chi connectivity index (χ0n) is 17.3. The van der Waals surface area contributed by atoms with Gasteiger partial charge < -0.3 is 14.6 Å². The number of benzene rings is 2. The molecule has 0 atom stereocenters. The first-order valence-electron chi connectivity index (χ1n) is 9.88. The fraction of sp³-hybridized carbons (Fsp3) is 0.130. The lowest BCUT2D eigenvalue weighted by Gasteiger charge is -2.20. The van der Waals surface area contributed by atoms with Gasteiger partial charge in [-0.15, -0.1) is 10.2 Å². The summed E-state index contributed by atoms with van der Waals surface area (Å²) in [5.41, 5.74) is 1.85. The number of hydrogen-bond donors (Lipinski definition) is 1. The third kappa shape index (κ3) is 4.89. The minimum Gasteiger partial charge on any atom is -0.467 e. The summed E-state index contributed by atoms with van der Waals surface area (Å²) >= 11 is 1.29. The van der Waals surface area contributed by atoms with Crippen molar-refractivity contribution in [2.24, 2.45) is 0 Å². The van der Waals surface area contributed by atoms with Crippen molar-refractivity contribution in [3.8, 4) is 5.69 Å². The summed E-state index contributed by atoms with van der Waals surface area (Å²) in [4.78, 5) is 27.1. The highest BCUT2D eigenvalue weighted by Crippen LogP contribution is 2.23. The Hall–Kier alpha value is -3.85. The molecule has 1 N–H and O–H groups in total. The van der Waals surface area contributed by atoms with E-state index in [4.69, 9.17) is 4.42 Å². The van der Waals surface area contributed by atoms with Crippen molar-refractivity contribution in [1.82, 2.24) is 20.1 Å². The number of nitrogens with zero attached hydrogens (tertiary/aromatic N) is 4. The highest BCUT2D eigenvalue weighted by Gasteiger charge is 2.19. The number of amides is 2. The van der Waals surface area contributed by atoms with E-state index in [2.05, 4.69) is 15.5 Å². The Labute approximate surface area is 189 Å². The normalized spacial score (nSPS) is 10.7. The van der Waals surface area contributed by atoms with Crippen molar-refractivity contribution in [2.75, 3.05) is 17.7 Å². The molecule has 0 spiro atoms. The lowest BCUT2D eigenvalue weighted by Crippen LogP contribution is -2.31. The molecule has 2 aromatic heterocycles. The van der Waals surface area contributed by atoms with Crippen LogP contribution in [-0.4, -0.2) is 39.4 Å². The van der Waals surface area contributed by atoms with Crippen molar-refractivity contribution >= 4 is 29.3 Å². The number of anilines is 1. The van der Waals surface area contributed by atoms with Crippen LogP contribution in [0.4, 0.5) is 5.69 Å². The Balaban J connectivity index is 1.43. The van der Waals surface area contributed by atoms with Gasteiger partial charge in [0, 0.05) is 12.7 Å². The summed E-state index contributed by atoms with van der Waals surface area (Å²) in [6, 6.07) is 20.2. The smallest absolute Gasteiger partial charge is 0.253 e. The second-order valence-electron chi connectivity index (χ2n) is 6.84. The SMILES string of the molecule is CN(C(=O)CSc1nncn1-c1ccccc1)c1ccccc1C(=O)NCc1ccco1. The van der Waals surface area contributed by atoms with Crippen molar-refractivity contribution in [3.63, 3.8) is 0 Å². The summed E-state index contributed by atoms with van der Waals surface area (Å²) in [7, 11) is 1.66. The molecule has 162 valence electrons. The average molecular weight is 448 g/mol. The standard InChI is InChI=1S/C23H21N5O3S/c1-27(20-12-6-5-11-19(20)22(30)24-14-18-10-7-13-31-18)21(29)15-32-23-26-25-16-28(23)17-8-3-2-4-9-17/h2-13,16H,14-15H2,1H3,(H,24,30). The van der Waals surface area contributed by atoms with Crippen LogP contribution in [0.15, 0.2) is 88.9 Å². The van der Waals surface area contributed by atoms with Crippen molar-refractivity contribution < 1.29 is 14.0 Å². The van der Waals surface area contributed by atoms with E-state index in [1.807, 2.05) is 34.9 Å². The molecule has 4 aromatic rings. The monoisotopic (exact) mass is 447 g/mol. The van der Waals surface area contributed by atoms with Crippen LogP contribution in [0, 0.1) is 0 Å². The number of aromatic nitrogens is 3. The van der Waals surface area contributed by atoms with E-state index in [-0.39, 0.29) is 24.1 Å². The average Bonchev–Trinajstić information content (AvgIpc) is 3.53. The molecule has 8 nitrogen and oxygen atoms in total. The van der Waals surface area contributed by atoms with E-state index in [9.17, 15) is 9.59 Å². The van der Waals surface area contributed by atoms with Gasteiger partial charge >= 0.3 is 0 Å². The Morgan fingerprint density at radius 3 is 2.62 bits per heavy atom. The summed E-state index contributed by atoms with van der Waals surface area (Å²) in [6.07, 6.45) is 3.17. The van der Waals surface area contributed by atoms with Crippen LogP contribution in [-0.2, 0) is 11.3 Å². The van der Waals surface area contributed by atoms with Crippen LogP contribution >= 0.6 is 11.8 Å². The molecular formula is C23H21N5O3S. The van der Waals surface area contributed by atoms with Crippen LogP contribution in [0.5, 0.6) is 0 Å². The molecular weight excluding hydrogens is 426 g/mol. The van der Waals surface area contributed by atoms with Crippen LogP contribution < -0.4 is 10.2 Å². The summed E-state index contributed by atoms with van der Waals surface area (Å²) in [6.45, 7) is 0.267. The molecule has 0 aliphatic rings. The van der Waals surface area contributed by atoms with Gasteiger partial charge in [-0.2, -0.15) is 0 Å². The first-order chi connectivity index (χ1) is 15.6. The van der Waals surface area contributed by atoms with Gasteiger partial charge in [-0.3, -0.25) is 14.2 Å². The second kappa shape index (κ2) is 9.97. The van der Waals surface area contributed by atoms with E-state index in [0.29, 0.717) is 22.2 Å². The summed E-state index contributed by atoms with van der Waals surface area (Å²) < 4.78 is 7.08. The van der Waals surface area contributed by atoms with Gasteiger partial charge in [0.25, 0.3) is 5.91 Å². The molecule has 0 radical (unpaired) electrons. The number of nitrogens with one attached hydrogen (secondary N) is 1. The topological polar surface area (TPSA) is 93.3 Å². The quantitative estimate of drug-likeness (QED) is 0.415. The molecule has 0 saturated heterocycles. The van der Waals surface area contributed by atoms with Gasteiger partial charge in [0.2, 0.25) is 5.91 Å². The Kier molecular flexibility index (Phi) is 6.66. The lowest BCUT2D eigenvalue weighted by atomic mass is 10.1. The van der Waals surface area contributed by atoms with Gasteiger partial charge in [0.1, 0.15) is 12.1 Å². The number of thioether (sulfide) groups is 1. The Bertz CT molecular complexity index is 1190. The van der Waals surface area contributed by atoms with E-state index in [1.54, 1.807) is 56.0 Å². The first kappa shape index (κ1) is 21.4. The van der Waals surface area contributed by atoms with Gasteiger partial charge in [0.05, 0.1) is 29.8 Å². The molecule has 0 fully saturated rings. The molecule has 0 bridgehead atoms. The van der Waals surface area contributed by atoms with Crippen LogP contribution in [0.2, 0.25) is 0 Å². The summed E-state index contributed by atoms with van der Waals surface area (Å²) in [5, 5.41) is 11.5. The van der Waals surface area contributed by atoms with E-state index >= 15 is 0 Å². The molecule has 0 saturated carbocycles. The molecule has 2 aromatic carbocycles. The number of para-hydroxylation sites is 2. The molecule has 2 heterocycles. The van der Waals surface area contributed by atoms with Gasteiger partial charge in [0.15, 0.2) is 5.16 Å². The van der Waals surface area contributed by atoms with Crippen molar-refractivity contribution in [2.45, 2.75) is 11.7 Å². The number of carbonyl (C=O) groups is 2. The minimum atomic E-state index is -0.284. The lowest BCUT2D eigenvalue weighted by molar-refractivity contribution is -0.115. The number of hydrogen-bond acceptors (Lipinski definition) is 6. The van der Waals surface area contributed by atoms with Crippen LogP contribution in [0.25, 0.3) is 5.69 Å². The maximum atomic E-state index is 12.9. The third-order valence-corrected chi connectivity index (χ3v) is 5.69. The van der Waals surface area contributed by atoms with E-state index in [0.717, 1.165) is 5.69 Å². The molecule has 4 rings (SSSR count). The molecule has 32 heavy (non-hydrogen) atoms. The summed E-state index contributed by atoms with van der Waals surface area (Å²) in [5.74, 6) is 0.348. The zero-order chi connectivity index (χ0) is 22.3. The molecule has 9 heteroatoms. The number of furan rings is 1. The molecule has 2 amide bonds. The predicted molar refractivity (Wildman–Crippen MR) is 122 cm³/mol. The van der Waals surface area contributed by atoms with Gasteiger partial charge in [-0.05, 0) is 36.4 Å². The van der Waals surface area contributed by atoms with Crippen molar-refractivity contribution in [1.29, 1.82) is 0 Å². The largest absolute Gasteiger partial charge is 0.467 e. The Morgan fingerprint density at radius 2 is 1.84 bits per heavy atom. The number of rotatable bonds is 8. The van der Waals surface area contributed by atoms with Gasteiger partial charge in [-0.25, -0.2) is 0 Å². The second-order valence-corrected chi connectivity index (χ2v) is 7.78. The van der Waals surface area contributed by atoms with Crippen molar-refractivity contribution in [3.05, 3.63) is 90.6 Å². The van der Waals surface area contributed by atoms with Gasteiger partial charge in [-0.1, -0.05) is 42.1 Å². The fourth-order valence-corrected chi connectivity index (χ4v) is 3.92. The minimum absolute atomic E-state index is 0.143. The fourth-order valence-electron chi connectivity index (χ4n) is 3.08. The predicted octanol–water partition coefficient (Wildman–Crippen LogP) is 3.55.